The molecule has 66 valence electrons. The molecule has 2 rings (SSSR count). The van der Waals surface area contributed by atoms with Crippen molar-refractivity contribution < 1.29 is 9.84 Å². The van der Waals surface area contributed by atoms with Crippen LogP contribution >= 0.6 is 0 Å². The number of hydrogen-bond donors (Lipinski definition) is 1. The molecule has 0 radical (unpaired) electrons. The highest BCUT2D eigenvalue weighted by Gasteiger charge is 1.97. The molecule has 0 aliphatic carbocycles. The molecule has 0 aliphatic rings. The molecule has 3 nitrogen and oxygen atoms in total. The number of nitrogens with zero attached hydrogens (tertiary/aromatic N) is 1. The van der Waals surface area contributed by atoms with Gasteiger partial charge in [0.15, 0.2) is 0 Å². The molecule has 0 amide bonds. The lowest BCUT2D eigenvalue weighted by atomic mass is 10.2. The van der Waals surface area contributed by atoms with Crippen molar-refractivity contribution >= 4 is 10.9 Å². The third kappa shape index (κ3) is 1.40. The molecule has 0 aliphatic heterocycles. The van der Waals surface area contributed by atoms with Crippen molar-refractivity contribution in [2.75, 3.05) is 7.11 Å². The SMILES string of the molecule is COc1ccc2cc(O)cnc2c1. The van der Waals surface area contributed by atoms with E-state index < -0.39 is 0 Å². The lowest BCUT2D eigenvalue weighted by Crippen LogP contribution is -1.83. The van der Waals surface area contributed by atoms with Crippen molar-refractivity contribution in [3.63, 3.8) is 0 Å². The maximum absolute atomic E-state index is 9.16. The summed E-state index contributed by atoms with van der Waals surface area (Å²) in [5, 5.41) is 10.1. The minimum Gasteiger partial charge on any atom is -0.506 e. The van der Waals surface area contributed by atoms with E-state index in [1.807, 2.05) is 18.2 Å². The molecule has 0 fully saturated rings. The van der Waals surface area contributed by atoms with Crippen molar-refractivity contribution in [2.45, 2.75) is 0 Å². The van der Waals surface area contributed by atoms with Gasteiger partial charge in [0.2, 0.25) is 0 Å². The molecule has 0 saturated carbocycles. The maximum Gasteiger partial charge on any atom is 0.134 e. The Morgan fingerprint density at radius 2 is 2.15 bits per heavy atom. The molecule has 0 atom stereocenters. The summed E-state index contributed by atoms with van der Waals surface area (Å²) in [5.74, 6) is 0.948. The summed E-state index contributed by atoms with van der Waals surface area (Å²) in [5.41, 5.74) is 0.817. The topological polar surface area (TPSA) is 42.4 Å². The first kappa shape index (κ1) is 7.86. The first-order valence-electron chi connectivity index (χ1n) is 3.92. The van der Waals surface area contributed by atoms with Crippen molar-refractivity contribution in [2.24, 2.45) is 0 Å². The fourth-order valence-corrected chi connectivity index (χ4v) is 1.22. The number of benzene rings is 1. The lowest BCUT2D eigenvalue weighted by molar-refractivity contribution is 0.415. The van der Waals surface area contributed by atoms with E-state index in [0.717, 1.165) is 16.7 Å². The van der Waals surface area contributed by atoms with Crippen LogP contribution in [0, 0.1) is 0 Å². The summed E-state index contributed by atoms with van der Waals surface area (Å²) in [6.45, 7) is 0. The Hall–Kier alpha value is -1.77. The van der Waals surface area contributed by atoms with Crippen molar-refractivity contribution in [3.8, 4) is 11.5 Å². The van der Waals surface area contributed by atoms with Gasteiger partial charge in [0.1, 0.15) is 11.5 Å². The van der Waals surface area contributed by atoms with Gasteiger partial charge in [-0.15, -0.1) is 0 Å². The van der Waals surface area contributed by atoms with Gasteiger partial charge in [0.25, 0.3) is 0 Å². The number of ether oxygens (including phenoxy) is 1. The van der Waals surface area contributed by atoms with Crippen LogP contribution in [0.3, 0.4) is 0 Å². The second-order valence-electron chi connectivity index (χ2n) is 2.75. The molecule has 3 heteroatoms. The Morgan fingerprint density at radius 1 is 1.31 bits per heavy atom. The van der Waals surface area contributed by atoms with Gasteiger partial charge in [-0.1, -0.05) is 0 Å². The lowest BCUT2D eigenvalue weighted by Gasteiger charge is -2.01. The molecule has 0 spiro atoms. The average molecular weight is 175 g/mol. The third-order valence-corrected chi connectivity index (χ3v) is 1.88. The van der Waals surface area contributed by atoms with E-state index in [4.69, 9.17) is 9.84 Å². The zero-order valence-corrected chi connectivity index (χ0v) is 7.19. The first-order chi connectivity index (χ1) is 6.29. The largest absolute Gasteiger partial charge is 0.506 e. The van der Waals surface area contributed by atoms with E-state index in [0.29, 0.717) is 0 Å². The highest BCUT2D eigenvalue weighted by atomic mass is 16.5. The Balaban J connectivity index is 2.66. The van der Waals surface area contributed by atoms with Gasteiger partial charge in [0, 0.05) is 11.5 Å². The fourth-order valence-electron chi connectivity index (χ4n) is 1.22. The van der Waals surface area contributed by atoms with Crippen LogP contribution in [0.25, 0.3) is 10.9 Å². The van der Waals surface area contributed by atoms with E-state index >= 15 is 0 Å². The van der Waals surface area contributed by atoms with Gasteiger partial charge in [-0.25, -0.2) is 0 Å². The van der Waals surface area contributed by atoms with E-state index in [9.17, 15) is 0 Å². The van der Waals surface area contributed by atoms with Gasteiger partial charge >= 0.3 is 0 Å². The van der Waals surface area contributed by atoms with E-state index in [2.05, 4.69) is 4.98 Å². The normalized spacial score (nSPS) is 10.2. The van der Waals surface area contributed by atoms with Gasteiger partial charge in [-0.3, -0.25) is 4.98 Å². The highest BCUT2D eigenvalue weighted by molar-refractivity contribution is 5.80. The molecule has 13 heavy (non-hydrogen) atoms. The van der Waals surface area contributed by atoms with Crippen LogP contribution in [-0.2, 0) is 0 Å². The summed E-state index contributed by atoms with van der Waals surface area (Å²) in [6.07, 6.45) is 1.42. The Bertz CT molecular complexity index is 440. The van der Waals surface area contributed by atoms with Crippen LogP contribution in [-0.4, -0.2) is 17.2 Å². The van der Waals surface area contributed by atoms with Crippen LogP contribution in [0.15, 0.2) is 30.5 Å². The molecular formula is C10H9NO2. The zero-order chi connectivity index (χ0) is 9.26. The average Bonchev–Trinajstić information content (AvgIpc) is 2.17. The molecule has 2 aromatic rings. The van der Waals surface area contributed by atoms with Crippen LogP contribution in [0.1, 0.15) is 0 Å². The van der Waals surface area contributed by atoms with Gasteiger partial charge in [0.05, 0.1) is 18.8 Å². The number of aromatic hydroxyl groups is 1. The fraction of sp³-hybridized carbons (Fsp3) is 0.100. The predicted molar refractivity (Wildman–Crippen MR) is 50.0 cm³/mol. The zero-order valence-electron chi connectivity index (χ0n) is 7.19. The number of fused-ring (bicyclic) bond motifs is 1. The number of pyridine rings is 1. The molecule has 1 aromatic heterocycles. The maximum atomic E-state index is 9.16. The second-order valence-corrected chi connectivity index (χ2v) is 2.75. The van der Waals surface area contributed by atoms with Crippen LogP contribution in [0.5, 0.6) is 11.5 Å². The van der Waals surface area contributed by atoms with Crippen LogP contribution in [0.2, 0.25) is 0 Å². The van der Waals surface area contributed by atoms with Crippen molar-refractivity contribution in [1.82, 2.24) is 4.98 Å². The molecule has 0 unspecified atom stereocenters. The molecular weight excluding hydrogens is 166 g/mol. The molecule has 1 aromatic carbocycles. The van der Waals surface area contributed by atoms with E-state index in [-0.39, 0.29) is 5.75 Å². The number of hydrogen-bond acceptors (Lipinski definition) is 3. The van der Waals surface area contributed by atoms with E-state index in [1.54, 1.807) is 13.2 Å². The highest BCUT2D eigenvalue weighted by Crippen LogP contribution is 2.21. The summed E-state index contributed by atoms with van der Waals surface area (Å²) < 4.78 is 5.05. The monoisotopic (exact) mass is 175 g/mol. The third-order valence-electron chi connectivity index (χ3n) is 1.88. The minimum atomic E-state index is 0.178. The number of methoxy groups -OCH3 is 1. The summed E-state index contributed by atoms with van der Waals surface area (Å²) in [4.78, 5) is 4.06. The van der Waals surface area contributed by atoms with Gasteiger partial charge in [-0.2, -0.15) is 0 Å². The first-order valence-corrected chi connectivity index (χ1v) is 3.92. The van der Waals surface area contributed by atoms with Gasteiger partial charge < -0.3 is 9.84 Å². The molecule has 1 heterocycles. The van der Waals surface area contributed by atoms with E-state index in [1.165, 1.54) is 6.20 Å². The standard InChI is InChI=1S/C10H9NO2/c1-13-9-3-2-7-4-8(12)6-11-10(7)5-9/h2-6,12H,1H3. The van der Waals surface area contributed by atoms with Gasteiger partial charge in [-0.05, 0) is 18.2 Å². The predicted octanol–water partition coefficient (Wildman–Crippen LogP) is 1.95. The number of rotatable bonds is 1. The Kier molecular flexibility index (Phi) is 1.77. The van der Waals surface area contributed by atoms with Crippen LogP contribution in [0.4, 0.5) is 0 Å². The Labute approximate surface area is 75.6 Å². The molecule has 0 saturated heterocycles. The quantitative estimate of drug-likeness (QED) is 0.720. The van der Waals surface area contributed by atoms with Crippen molar-refractivity contribution in [1.29, 1.82) is 0 Å². The molecule has 0 bridgehead atoms. The second kappa shape index (κ2) is 2.94. The molecule has 1 N–H and O–H groups in total. The summed E-state index contributed by atoms with van der Waals surface area (Å²) in [7, 11) is 1.61. The summed E-state index contributed by atoms with van der Waals surface area (Å²) >= 11 is 0. The van der Waals surface area contributed by atoms with Crippen molar-refractivity contribution in [3.05, 3.63) is 30.5 Å². The Morgan fingerprint density at radius 3 is 2.92 bits per heavy atom. The number of aromatic nitrogens is 1. The minimum absolute atomic E-state index is 0.178. The van der Waals surface area contributed by atoms with Crippen LogP contribution < -0.4 is 4.74 Å². The summed E-state index contributed by atoms with van der Waals surface area (Å²) in [6, 6.07) is 7.20. The smallest absolute Gasteiger partial charge is 0.134 e.